The number of likely N-dealkylation sites (N-methyl/N-ethyl adjacent to an activating group) is 2. The normalized spacial score (nSPS) is 13.4. The van der Waals surface area contributed by atoms with E-state index in [1.807, 2.05) is 62.3 Å². The minimum absolute atomic E-state index is 0.229. The fourth-order valence-electron chi connectivity index (χ4n) is 6.10. The number of benzene rings is 3. The lowest BCUT2D eigenvalue weighted by Gasteiger charge is -2.32. The van der Waals surface area contributed by atoms with Gasteiger partial charge in [0.1, 0.15) is 22.8 Å². The van der Waals surface area contributed by atoms with Gasteiger partial charge in [0, 0.05) is 58.2 Å². The van der Waals surface area contributed by atoms with Crippen molar-refractivity contribution in [1.29, 1.82) is 0 Å². The number of anilines is 2. The molecule has 1 fully saturated rings. The van der Waals surface area contributed by atoms with Crippen molar-refractivity contribution in [1.82, 2.24) is 24.7 Å². The van der Waals surface area contributed by atoms with E-state index in [1.54, 1.807) is 30.1 Å². The van der Waals surface area contributed by atoms with Crippen molar-refractivity contribution in [3.63, 3.8) is 0 Å². The highest BCUT2D eigenvalue weighted by Gasteiger charge is 2.22. The van der Waals surface area contributed by atoms with Gasteiger partial charge in [0.15, 0.2) is 0 Å². The number of ether oxygens (including phenoxy) is 2. The molecule has 0 aliphatic carbocycles. The van der Waals surface area contributed by atoms with Gasteiger partial charge in [-0.05, 0) is 95.4 Å². The van der Waals surface area contributed by atoms with E-state index in [2.05, 4.69) is 27.1 Å². The maximum atomic E-state index is 13.8. The maximum Gasteiger partial charge on any atom is 0.259 e. The van der Waals surface area contributed by atoms with Crippen LogP contribution in [-0.4, -0.2) is 117 Å². The third-order valence-corrected chi connectivity index (χ3v) is 9.23. The number of hydrogen-bond acceptors (Lipinski definition) is 8. The summed E-state index contributed by atoms with van der Waals surface area (Å²) < 4.78 is 11.8. The number of carbonyl (C=O) groups excluding carboxylic acids is 3. The molecule has 272 valence electrons. The van der Waals surface area contributed by atoms with Crippen LogP contribution in [0.1, 0.15) is 57.8 Å². The van der Waals surface area contributed by atoms with Crippen molar-refractivity contribution in [3.05, 3.63) is 77.1 Å². The molecule has 3 aromatic carbocycles. The molecule has 0 bridgehead atoms. The van der Waals surface area contributed by atoms with Gasteiger partial charge in [-0.3, -0.25) is 14.4 Å². The number of fused-ring (bicyclic) bond motifs is 1. The Hall–Kier alpha value is -4.94. The number of piperazine rings is 1. The molecule has 1 aliphatic heterocycles. The molecule has 0 atom stereocenters. The minimum atomic E-state index is -0.373. The zero-order chi connectivity index (χ0) is 36.5. The van der Waals surface area contributed by atoms with E-state index in [9.17, 15) is 14.4 Å². The van der Waals surface area contributed by atoms with Gasteiger partial charge in [-0.25, -0.2) is 4.98 Å². The van der Waals surface area contributed by atoms with Crippen LogP contribution in [0.2, 0.25) is 0 Å². The predicted octanol–water partition coefficient (Wildman–Crippen LogP) is 5.23. The summed E-state index contributed by atoms with van der Waals surface area (Å²) in [5.41, 5.74) is 4.40. The molecule has 2 N–H and O–H groups in total. The van der Waals surface area contributed by atoms with Crippen LogP contribution in [0.25, 0.3) is 11.0 Å². The van der Waals surface area contributed by atoms with E-state index in [0.717, 1.165) is 75.3 Å². The standard InChI is InChI=1S/C39H51N7O5/c1-27-14-17-32(34(25-27)51-24-9-7-8-13-36(47)46-22-20-44(4)21-23-46)45(5)39(49)28-15-16-29(33(26-28)50-6)38(48)41-31-12-10-11-30-37(31)42-35(40-30)18-19-43(2)3/h10-12,14-17,25-26H,7-9,13,18-24H2,1-6H3,(H,40,42)(H,41,48). The molecule has 1 aliphatic rings. The summed E-state index contributed by atoms with van der Waals surface area (Å²) in [4.78, 5) is 55.7. The molecular formula is C39H51N7O5. The van der Waals surface area contributed by atoms with Gasteiger partial charge in [0.05, 0.1) is 36.2 Å². The zero-order valence-electron chi connectivity index (χ0n) is 30.8. The number of aryl methyl sites for hydroxylation is 1. The Kier molecular flexibility index (Phi) is 12.7. The molecule has 1 saturated heterocycles. The zero-order valence-corrected chi connectivity index (χ0v) is 30.8. The predicted molar refractivity (Wildman–Crippen MR) is 201 cm³/mol. The van der Waals surface area contributed by atoms with Crippen LogP contribution in [-0.2, 0) is 11.2 Å². The maximum absolute atomic E-state index is 13.8. The molecule has 0 radical (unpaired) electrons. The van der Waals surface area contributed by atoms with Crippen molar-refractivity contribution in [2.75, 3.05) is 84.8 Å². The Bertz CT molecular complexity index is 1830. The van der Waals surface area contributed by atoms with Crippen LogP contribution >= 0.6 is 0 Å². The van der Waals surface area contributed by atoms with Crippen LogP contribution in [0.3, 0.4) is 0 Å². The second-order valence-corrected chi connectivity index (χ2v) is 13.5. The van der Waals surface area contributed by atoms with Gasteiger partial charge < -0.3 is 39.4 Å². The Morgan fingerprint density at radius 3 is 2.47 bits per heavy atom. The van der Waals surface area contributed by atoms with Gasteiger partial charge in [-0.2, -0.15) is 0 Å². The number of hydrogen-bond donors (Lipinski definition) is 2. The molecule has 2 heterocycles. The highest BCUT2D eigenvalue weighted by atomic mass is 16.5. The SMILES string of the molecule is COc1cc(C(=O)N(C)c2ccc(C)cc2OCCCCCC(=O)N2CCN(C)CC2)ccc1C(=O)Nc1cccc2[nH]c(CCN(C)C)nc12. The molecule has 12 heteroatoms. The summed E-state index contributed by atoms with van der Waals surface area (Å²) in [7, 11) is 9.29. The number of para-hydroxylation sites is 1. The summed E-state index contributed by atoms with van der Waals surface area (Å²) in [6.45, 7) is 6.75. The van der Waals surface area contributed by atoms with E-state index in [1.165, 1.54) is 7.11 Å². The van der Waals surface area contributed by atoms with E-state index >= 15 is 0 Å². The average Bonchev–Trinajstić information content (AvgIpc) is 3.56. The van der Waals surface area contributed by atoms with Crippen LogP contribution in [0.15, 0.2) is 54.6 Å². The van der Waals surface area contributed by atoms with Gasteiger partial charge in [0.2, 0.25) is 5.91 Å². The number of methoxy groups -OCH3 is 1. The van der Waals surface area contributed by atoms with Gasteiger partial charge in [-0.15, -0.1) is 0 Å². The highest BCUT2D eigenvalue weighted by molar-refractivity contribution is 6.11. The third-order valence-electron chi connectivity index (χ3n) is 9.23. The lowest BCUT2D eigenvalue weighted by atomic mass is 10.1. The van der Waals surface area contributed by atoms with E-state index in [-0.39, 0.29) is 23.5 Å². The summed E-state index contributed by atoms with van der Waals surface area (Å²) in [5, 5.41) is 2.97. The van der Waals surface area contributed by atoms with Gasteiger partial charge in [0.25, 0.3) is 11.8 Å². The number of nitrogens with zero attached hydrogens (tertiary/aromatic N) is 5. The Morgan fingerprint density at radius 2 is 1.73 bits per heavy atom. The molecule has 0 saturated carbocycles. The topological polar surface area (TPSA) is 123 Å². The van der Waals surface area contributed by atoms with E-state index in [4.69, 9.17) is 14.5 Å². The van der Waals surface area contributed by atoms with Crippen LogP contribution in [0, 0.1) is 6.92 Å². The number of rotatable bonds is 15. The fraction of sp³-hybridized carbons (Fsp3) is 0.436. The quantitative estimate of drug-likeness (QED) is 0.162. The molecular weight excluding hydrogens is 646 g/mol. The first-order chi connectivity index (χ1) is 24.5. The minimum Gasteiger partial charge on any atom is -0.496 e. The van der Waals surface area contributed by atoms with Crippen LogP contribution in [0.4, 0.5) is 11.4 Å². The van der Waals surface area contributed by atoms with Crippen molar-refractivity contribution in [2.45, 2.75) is 39.0 Å². The van der Waals surface area contributed by atoms with Crippen molar-refractivity contribution >= 4 is 40.1 Å². The lowest BCUT2D eigenvalue weighted by Crippen LogP contribution is -2.47. The first-order valence-corrected chi connectivity index (χ1v) is 17.6. The molecule has 3 amide bonds. The molecule has 4 aromatic rings. The van der Waals surface area contributed by atoms with Gasteiger partial charge in [-0.1, -0.05) is 12.1 Å². The van der Waals surface area contributed by atoms with Crippen molar-refractivity contribution in [3.8, 4) is 11.5 Å². The summed E-state index contributed by atoms with van der Waals surface area (Å²) in [6, 6.07) is 16.2. The first kappa shape index (κ1) is 37.3. The van der Waals surface area contributed by atoms with Gasteiger partial charge >= 0.3 is 0 Å². The largest absolute Gasteiger partial charge is 0.496 e. The molecule has 0 unspecified atom stereocenters. The monoisotopic (exact) mass is 697 g/mol. The Labute approximate surface area is 300 Å². The Morgan fingerprint density at radius 1 is 0.941 bits per heavy atom. The molecule has 51 heavy (non-hydrogen) atoms. The molecule has 1 aromatic heterocycles. The number of unbranched alkanes of at least 4 members (excludes halogenated alkanes) is 2. The lowest BCUT2D eigenvalue weighted by molar-refractivity contribution is -0.132. The third kappa shape index (κ3) is 9.65. The van der Waals surface area contributed by atoms with Crippen LogP contribution in [0.5, 0.6) is 11.5 Å². The molecule has 5 rings (SSSR count). The second kappa shape index (κ2) is 17.3. The Balaban J connectivity index is 1.20. The second-order valence-electron chi connectivity index (χ2n) is 13.5. The van der Waals surface area contributed by atoms with E-state index in [0.29, 0.717) is 46.8 Å². The smallest absolute Gasteiger partial charge is 0.259 e. The summed E-state index contributed by atoms with van der Waals surface area (Å²) >= 11 is 0. The summed E-state index contributed by atoms with van der Waals surface area (Å²) in [5.74, 6) is 1.31. The number of H-pyrrole nitrogens is 1. The molecule has 0 spiro atoms. The molecule has 12 nitrogen and oxygen atoms in total. The number of aromatic nitrogens is 2. The number of carbonyl (C=O) groups is 3. The van der Waals surface area contributed by atoms with Crippen molar-refractivity contribution < 1.29 is 23.9 Å². The van der Waals surface area contributed by atoms with Crippen LogP contribution < -0.4 is 19.7 Å². The number of aromatic amines is 1. The first-order valence-electron chi connectivity index (χ1n) is 17.6. The highest BCUT2D eigenvalue weighted by Crippen LogP contribution is 2.31. The summed E-state index contributed by atoms with van der Waals surface area (Å²) in [6.07, 6.45) is 3.81. The van der Waals surface area contributed by atoms with E-state index < -0.39 is 0 Å². The average molecular weight is 698 g/mol. The number of amides is 3. The fourth-order valence-corrected chi connectivity index (χ4v) is 6.10. The number of nitrogens with one attached hydrogen (secondary N) is 2. The van der Waals surface area contributed by atoms with Crippen molar-refractivity contribution in [2.24, 2.45) is 0 Å². The number of imidazole rings is 1.